The number of benzene rings is 7. The Labute approximate surface area is 303 Å². The third kappa shape index (κ3) is 4.63. The Kier molecular flexibility index (Phi) is 6.51. The van der Waals surface area contributed by atoms with Crippen molar-refractivity contribution in [2.45, 2.75) is 12.8 Å². The summed E-state index contributed by atoms with van der Waals surface area (Å²) in [6.45, 7) is 0. The Morgan fingerprint density at radius 1 is 0.538 bits per heavy atom. The lowest BCUT2D eigenvalue weighted by Crippen LogP contribution is -2.02. The summed E-state index contributed by atoms with van der Waals surface area (Å²) in [6.07, 6.45) is 6.56. The SMILES string of the molecule is C1=Cc2ccc(-c3ccc4oc5ccccc5c4c3-c3nc(-c4ccc5ccccc5c4)nc(-c4cccc5c4sc4ccccc45)n3)cc2CC1. The number of hydrogen-bond donors (Lipinski definition) is 0. The molecule has 0 spiro atoms. The van der Waals surface area contributed by atoms with E-state index in [0.29, 0.717) is 17.5 Å². The Balaban J connectivity index is 1.24. The van der Waals surface area contributed by atoms with Crippen molar-refractivity contribution in [2.24, 2.45) is 0 Å². The van der Waals surface area contributed by atoms with Gasteiger partial charge >= 0.3 is 0 Å². The van der Waals surface area contributed by atoms with Gasteiger partial charge in [0, 0.05) is 47.6 Å². The van der Waals surface area contributed by atoms with Gasteiger partial charge in [0.1, 0.15) is 11.2 Å². The van der Waals surface area contributed by atoms with Gasteiger partial charge in [-0.2, -0.15) is 0 Å². The van der Waals surface area contributed by atoms with Crippen LogP contribution in [0.15, 0.2) is 150 Å². The van der Waals surface area contributed by atoms with Crippen molar-refractivity contribution in [2.75, 3.05) is 0 Å². The van der Waals surface area contributed by atoms with E-state index in [1.54, 1.807) is 11.3 Å². The highest BCUT2D eigenvalue weighted by Crippen LogP contribution is 2.44. The van der Waals surface area contributed by atoms with Crippen molar-refractivity contribution in [3.63, 3.8) is 0 Å². The van der Waals surface area contributed by atoms with Crippen LogP contribution in [0.25, 0.3) is 104 Å². The summed E-state index contributed by atoms with van der Waals surface area (Å²) < 4.78 is 8.90. The number of aromatic nitrogens is 3. The molecule has 0 bridgehead atoms. The van der Waals surface area contributed by atoms with E-state index < -0.39 is 0 Å². The second-order valence-electron chi connectivity index (χ2n) is 13.5. The van der Waals surface area contributed by atoms with Crippen molar-refractivity contribution < 1.29 is 4.42 Å². The van der Waals surface area contributed by atoms with E-state index in [0.717, 1.165) is 68.0 Å². The van der Waals surface area contributed by atoms with Gasteiger partial charge in [-0.25, -0.2) is 15.0 Å². The third-order valence-electron chi connectivity index (χ3n) is 10.4. The van der Waals surface area contributed by atoms with E-state index >= 15 is 0 Å². The zero-order chi connectivity index (χ0) is 34.2. The number of rotatable bonds is 4. The standard InChI is InChI=1S/C47H29N3OS/c1-3-12-30-26-32(22-20-28(30)10-1)34-24-25-40-42(37-15-5-7-18-39(37)51-40)43(34)47-49-45(33-23-21-29-11-2-4-13-31(29)27-33)48-46(50-47)38-17-9-16-36-35-14-6-8-19-41(35)52-44(36)38/h1-2,4-11,13-27H,3,12H2. The number of hydrogen-bond acceptors (Lipinski definition) is 5. The fraction of sp³-hybridized carbons (Fsp3) is 0.0426. The molecule has 0 fully saturated rings. The van der Waals surface area contributed by atoms with Crippen LogP contribution in [0.3, 0.4) is 0 Å². The topological polar surface area (TPSA) is 51.8 Å². The number of allylic oxidation sites excluding steroid dienone is 1. The van der Waals surface area contributed by atoms with Crippen LogP contribution in [-0.4, -0.2) is 15.0 Å². The maximum absolute atomic E-state index is 6.49. The molecule has 0 radical (unpaired) electrons. The van der Waals surface area contributed by atoms with Crippen LogP contribution in [0.1, 0.15) is 17.5 Å². The van der Waals surface area contributed by atoms with Crippen molar-refractivity contribution in [1.29, 1.82) is 0 Å². The molecule has 7 aromatic carbocycles. The maximum Gasteiger partial charge on any atom is 0.165 e. The second kappa shape index (κ2) is 11.6. The summed E-state index contributed by atoms with van der Waals surface area (Å²) in [4.78, 5) is 16.1. The van der Waals surface area contributed by atoms with E-state index in [1.807, 2.05) is 12.1 Å². The first kappa shape index (κ1) is 29.3. The molecular formula is C47H29N3OS. The first-order valence-electron chi connectivity index (χ1n) is 17.7. The van der Waals surface area contributed by atoms with Crippen LogP contribution < -0.4 is 0 Å². The molecule has 4 nitrogen and oxygen atoms in total. The largest absolute Gasteiger partial charge is 0.456 e. The van der Waals surface area contributed by atoms with Crippen molar-refractivity contribution >= 4 is 70.3 Å². The molecule has 1 aliphatic rings. The molecule has 0 amide bonds. The van der Waals surface area contributed by atoms with Gasteiger partial charge in [0.15, 0.2) is 17.5 Å². The van der Waals surface area contributed by atoms with Crippen LogP contribution in [0.2, 0.25) is 0 Å². The predicted molar refractivity (Wildman–Crippen MR) is 217 cm³/mol. The van der Waals surface area contributed by atoms with Gasteiger partial charge in [-0.15, -0.1) is 11.3 Å². The van der Waals surface area contributed by atoms with Crippen LogP contribution in [-0.2, 0) is 6.42 Å². The van der Waals surface area contributed by atoms with Crippen molar-refractivity contribution in [1.82, 2.24) is 15.0 Å². The zero-order valence-corrected chi connectivity index (χ0v) is 28.8. The molecule has 0 N–H and O–H groups in total. The van der Waals surface area contributed by atoms with Crippen molar-refractivity contribution in [3.8, 4) is 45.3 Å². The van der Waals surface area contributed by atoms with Gasteiger partial charge < -0.3 is 4.42 Å². The molecule has 0 aliphatic heterocycles. The highest BCUT2D eigenvalue weighted by molar-refractivity contribution is 7.26. The van der Waals surface area contributed by atoms with Gasteiger partial charge in [0.2, 0.25) is 0 Å². The fourth-order valence-corrected chi connectivity index (χ4v) is 9.09. The molecule has 1 aliphatic carbocycles. The molecule has 3 aromatic heterocycles. The Bertz CT molecular complexity index is 3100. The molecule has 3 heterocycles. The first-order valence-corrected chi connectivity index (χ1v) is 18.5. The summed E-state index contributed by atoms with van der Waals surface area (Å²) in [6, 6.07) is 49.3. The van der Waals surface area contributed by atoms with Crippen molar-refractivity contribution in [3.05, 3.63) is 157 Å². The number of furan rings is 1. The average molecular weight is 684 g/mol. The zero-order valence-electron chi connectivity index (χ0n) is 28.0. The van der Waals surface area contributed by atoms with Gasteiger partial charge in [0.25, 0.3) is 0 Å². The van der Waals surface area contributed by atoms with Gasteiger partial charge in [0.05, 0.1) is 0 Å². The van der Waals surface area contributed by atoms with Crippen LogP contribution in [0.4, 0.5) is 0 Å². The van der Waals surface area contributed by atoms with E-state index in [1.165, 1.54) is 36.7 Å². The molecule has 5 heteroatoms. The third-order valence-corrected chi connectivity index (χ3v) is 11.6. The lowest BCUT2D eigenvalue weighted by atomic mass is 9.90. The van der Waals surface area contributed by atoms with Gasteiger partial charge in [-0.05, 0) is 82.3 Å². The summed E-state index contributed by atoms with van der Waals surface area (Å²) in [5, 5.41) is 6.81. The molecule has 0 unspecified atom stereocenters. The molecule has 10 aromatic rings. The minimum Gasteiger partial charge on any atom is -0.456 e. The first-order chi connectivity index (χ1) is 25.7. The minimum atomic E-state index is 0.621. The maximum atomic E-state index is 6.49. The molecule has 0 saturated heterocycles. The molecule has 11 rings (SSSR count). The van der Waals surface area contributed by atoms with E-state index in [-0.39, 0.29) is 0 Å². The van der Waals surface area contributed by atoms with E-state index in [2.05, 4.69) is 140 Å². The highest BCUT2D eigenvalue weighted by atomic mass is 32.1. The quantitative estimate of drug-likeness (QED) is 0.185. The summed E-state index contributed by atoms with van der Waals surface area (Å²) >= 11 is 1.79. The smallest absolute Gasteiger partial charge is 0.165 e. The molecule has 244 valence electrons. The average Bonchev–Trinajstić information content (AvgIpc) is 3.78. The van der Waals surface area contributed by atoms with E-state index in [9.17, 15) is 0 Å². The fourth-order valence-electron chi connectivity index (χ4n) is 7.88. The van der Waals surface area contributed by atoms with Crippen LogP contribution in [0.5, 0.6) is 0 Å². The minimum absolute atomic E-state index is 0.621. The summed E-state index contributed by atoms with van der Waals surface area (Å²) in [5.41, 5.74) is 9.37. The molecule has 0 atom stereocenters. The summed E-state index contributed by atoms with van der Waals surface area (Å²) in [7, 11) is 0. The number of nitrogens with zero attached hydrogens (tertiary/aromatic N) is 3. The van der Waals surface area contributed by atoms with Gasteiger partial charge in [-0.3, -0.25) is 0 Å². The highest BCUT2D eigenvalue weighted by Gasteiger charge is 2.23. The van der Waals surface area contributed by atoms with Gasteiger partial charge in [-0.1, -0.05) is 115 Å². The molecular weight excluding hydrogens is 655 g/mol. The summed E-state index contributed by atoms with van der Waals surface area (Å²) in [5.74, 6) is 1.91. The molecule has 0 saturated carbocycles. The number of fused-ring (bicyclic) bond motifs is 8. The number of aryl methyl sites for hydroxylation is 1. The van der Waals surface area contributed by atoms with Crippen LogP contribution in [0, 0.1) is 0 Å². The number of thiophene rings is 1. The van der Waals surface area contributed by atoms with Crippen LogP contribution >= 0.6 is 11.3 Å². The second-order valence-corrected chi connectivity index (χ2v) is 14.5. The number of para-hydroxylation sites is 1. The predicted octanol–water partition coefficient (Wildman–Crippen LogP) is 12.9. The lowest BCUT2D eigenvalue weighted by molar-refractivity contribution is 0.669. The normalized spacial score (nSPS) is 12.8. The Morgan fingerprint density at radius 3 is 2.29 bits per heavy atom. The Hall–Kier alpha value is -6.43. The Morgan fingerprint density at radius 2 is 1.33 bits per heavy atom. The monoisotopic (exact) mass is 683 g/mol. The van der Waals surface area contributed by atoms with E-state index in [4.69, 9.17) is 19.4 Å². The lowest BCUT2D eigenvalue weighted by Gasteiger charge is -2.16. The molecule has 52 heavy (non-hydrogen) atoms.